The summed E-state index contributed by atoms with van der Waals surface area (Å²) >= 11 is 0. The number of hydrogen-bond acceptors (Lipinski definition) is 3. The fourth-order valence-electron chi connectivity index (χ4n) is 3.39. The van der Waals surface area contributed by atoms with E-state index in [2.05, 4.69) is 10.6 Å². The molecule has 23 heavy (non-hydrogen) atoms. The number of amides is 4. The van der Waals surface area contributed by atoms with Crippen molar-refractivity contribution in [1.29, 1.82) is 0 Å². The van der Waals surface area contributed by atoms with E-state index in [1.54, 1.807) is 0 Å². The molecule has 3 rings (SSSR count). The number of carbonyl (C=O) groups excluding carboxylic acids is 3. The fourth-order valence-corrected chi connectivity index (χ4v) is 3.39. The molecule has 2 fully saturated rings. The SMILES string of the molecule is CC(NC(=O)CN1C(=O)NC2(CCCC2)C1=O)c1ccccc1. The zero-order chi connectivity index (χ0) is 16.4. The largest absolute Gasteiger partial charge is 0.348 e. The lowest BCUT2D eigenvalue weighted by molar-refractivity contribution is -0.135. The number of hydrogen-bond donors (Lipinski definition) is 2. The Balaban J connectivity index is 1.62. The first-order chi connectivity index (χ1) is 11.0. The van der Waals surface area contributed by atoms with Gasteiger partial charge in [0.2, 0.25) is 5.91 Å². The van der Waals surface area contributed by atoms with E-state index in [9.17, 15) is 14.4 Å². The first-order valence-corrected chi connectivity index (χ1v) is 8.00. The number of benzene rings is 1. The fraction of sp³-hybridized carbons (Fsp3) is 0.471. The summed E-state index contributed by atoms with van der Waals surface area (Å²) in [6.45, 7) is 1.64. The van der Waals surface area contributed by atoms with E-state index >= 15 is 0 Å². The van der Waals surface area contributed by atoms with Gasteiger partial charge in [-0.1, -0.05) is 43.2 Å². The van der Waals surface area contributed by atoms with Crippen molar-refractivity contribution in [2.24, 2.45) is 0 Å². The van der Waals surface area contributed by atoms with Gasteiger partial charge in [0.1, 0.15) is 12.1 Å². The zero-order valence-corrected chi connectivity index (χ0v) is 13.2. The Morgan fingerprint density at radius 1 is 1.26 bits per heavy atom. The van der Waals surface area contributed by atoms with Gasteiger partial charge in [0.25, 0.3) is 5.91 Å². The normalized spacial score (nSPS) is 20.7. The standard InChI is InChI=1S/C17H21N3O3/c1-12(13-7-3-2-4-8-13)18-14(21)11-20-15(22)17(19-16(20)23)9-5-6-10-17/h2-4,7-8,12H,5-6,9-11H2,1H3,(H,18,21)(H,19,23). The molecule has 2 N–H and O–H groups in total. The van der Waals surface area contributed by atoms with Crippen molar-refractivity contribution in [3.63, 3.8) is 0 Å². The molecule has 4 amide bonds. The summed E-state index contributed by atoms with van der Waals surface area (Å²) in [6, 6.07) is 8.92. The molecule has 0 aromatic heterocycles. The Morgan fingerprint density at radius 2 is 1.91 bits per heavy atom. The predicted octanol–water partition coefficient (Wildman–Crippen LogP) is 1.73. The number of rotatable bonds is 4. The molecule has 1 spiro atoms. The van der Waals surface area contributed by atoms with Crippen molar-refractivity contribution in [3.8, 4) is 0 Å². The molecule has 6 nitrogen and oxygen atoms in total. The maximum absolute atomic E-state index is 12.5. The van der Waals surface area contributed by atoms with Crippen LogP contribution in [0.25, 0.3) is 0 Å². The van der Waals surface area contributed by atoms with E-state index in [0.717, 1.165) is 23.3 Å². The van der Waals surface area contributed by atoms with Crippen LogP contribution < -0.4 is 10.6 Å². The van der Waals surface area contributed by atoms with Crippen LogP contribution in [0.5, 0.6) is 0 Å². The highest BCUT2D eigenvalue weighted by atomic mass is 16.2. The number of nitrogens with one attached hydrogen (secondary N) is 2. The summed E-state index contributed by atoms with van der Waals surface area (Å²) in [5, 5.41) is 5.61. The van der Waals surface area contributed by atoms with Crippen molar-refractivity contribution >= 4 is 17.8 Å². The molecule has 1 aromatic rings. The Morgan fingerprint density at radius 3 is 2.57 bits per heavy atom. The second-order valence-electron chi connectivity index (χ2n) is 6.31. The van der Waals surface area contributed by atoms with Gasteiger partial charge in [0.15, 0.2) is 0 Å². The van der Waals surface area contributed by atoms with E-state index in [1.807, 2.05) is 37.3 Å². The van der Waals surface area contributed by atoms with Crippen LogP contribution in [0.3, 0.4) is 0 Å². The monoisotopic (exact) mass is 315 g/mol. The molecule has 1 aliphatic carbocycles. The highest BCUT2D eigenvalue weighted by molar-refractivity contribution is 6.09. The molecule has 2 aliphatic rings. The van der Waals surface area contributed by atoms with E-state index in [0.29, 0.717) is 12.8 Å². The van der Waals surface area contributed by atoms with Gasteiger partial charge in [0, 0.05) is 0 Å². The summed E-state index contributed by atoms with van der Waals surface area (Å²) < 4.78 is 0. The first kappa shape index (κ1) is 15.5. The van der Waals surface area contributed by atoms with Gasteiger partial charge >= 0.3 is 6.03 Å². The van der Waals surface area contributed by atoms with Crippen LogP contribution in [0.15, 0.2) is 30.3 Å². The minimum absolute atomic E-state index is 0.176. The molecule has 122 valence electrons. The highest BCUT2D eigenvalue weighted by Crippen LogP contribution is 2.34. The Bertz CT molecular complexity index is 623. The summed E-state index contributed by atoms with van der Waals surface area (Å²) in [5.74, 6) is -0.595. The molecule has 0 bridgehead atoms. The van der Waals surface area contributed by atoms with Crippen molar-refractivity contribution in [1.82, 2.24) is 15.5 Å². The molecular weight excluding hydrogens is 294 g/mol. The molecule has 6 heteroatoms. The predicted molar refractivity (Wildman–Crippen MR) is 84.4 cm³/mol. The molecule has 1 saturated carbocycles. The van der Waals surface area contributed by atoms with Gasteiger partial charge in [-0.05, 0) is 25.3 Å². The van der Waals surface area contributed by atoms with Crippen LogP contribution >= 0.6 is 0 Å². The molecule has 1 saturated heterocycles. The lowest BCUT2D eigenvalue weighted by atomic mass is 9.98. The lowest BCUT2D eigenvalue weighted by Gasteiger charge is -2.20. The van der Waals surface area contributed by atoms with Crippen LogP contribution in [-0.4, -0.2) is 34.8 Å². The number of imide groups is 1. The average Bonchev–Trinajstić information content (AvgIpc) is 3.09. The van der Waals surface area contributed by atoms with Gasteiger partial charge in [-0.2, -0.15) is 0 Å². The summed E-state index contributed by atoms with van der Waals surface area (Å²) in [7, 11) is 0. The Hall–Kier alpha value is -2.37. The highest BCUT2D eigenvalue weighted by Gasteiger charge is 2.52. The molecule has 0 radical (unpaired) electrons. The molecular formula is C17H21N3O3. The average molecular weight is 315 g/mol. The maximum Gasteiger partial charge on any atom is 0.325 e. The van der Waals surface area contributed by atoms with Crippen molar-refractivity contribution in [2.75, 3.05) is 6.54 Å². The van der Waals surface area contributed by atoms with E-state index in [1.165, 1.54) is 0 Å². The summed E-state index contributed by atoms with van der Waals surface area (Å²) in [6.07, 6.45) is 3.18. The molecule has 1 aliphatic heterocycles. The van der Waals surface area contributed by atoms with E-state index in [4.69, 9.17) is 0 Å². The van der Waals surface area contributed by atoms with Gasteiger partial charge in [-0.15, -0.1) is 0 Å². The molecule has 1 aromatic carbocycles. The Kier molecular flexibility index (Phi) is 4.07. The molecule has 1 heterocycles. The first-order valence-electron chi connectivity index (χ1n) is 8.00. The Labute approximate surface area is 135 Å². The zero-order valence-electron chi connectivity index (χ0n) is 13.2. The molecule has 1 atom stereocenters. The third-order valence-corrected chi connectivity index (χ3v) is 4.68. The summed E-state index contributed by atoms with van der Waals surface area (Å²) in [4.78, 5) is 37.8. The number of urea groups is 1. The second-order valence-corrected chi connectivity index (χ2v) is 6.31. The van der Waals surface area contributed by atoms with Crippen molar-refractivity contribution in [3.05, 3.63) is 35.9 Å². The third-order valence-electron chi connectivity index (χ3n) is 4.68. The number of nitrogens with zero attached hydrogens (tertiary/aromatic N) is 1. The summed E-state index contributed by atoms with van der Waals surface area (Å²) in [5.41, 5.74) is 0.216. The van der Waals surface area contributed by atoms with Gasteiger partial charge in [-0.3, -0.25) is 14.5 Å². The van der Waals surface area contributed by atoms with E-state index in [-0.39, 0.29) is 24.4 Å². The minimum Gasteiger partial charge on any atom is -0.348 e. The topological polar surface area (TPSA) is 78.5 Å². The third kappa shape index (κ3) is 2.93. The van der Waals surface area contributed by atoms with Gasteiger partial charge in [-0.25, -0.2) is 4.79 Å². The van der Waals surface area contributed by atoms with Crippen LogP contribution in [0.1, 0.15) is 44.2 Å². The smallest absolute Gasteiger partial charge is 0.325 e. The van der Waals surface area contributed by atoms with Crippen LogP contribution in [-0.2, 0) is 9.59 Å². The van der Waals surface area contributed by atoms with Gasteiger partial charge < -0.3 is 10.6 Å². The lowest BCUT2D eigenvalue weighted by Crippen LogP contribution is -2.45. The van der Waals surface area contributed by atoms with Crippen LogP contribution in [0, 0.1) is 0 Å². The van der Waals surface area contributed by atoms with Crippen molar-refractivity contribution < 1.29 is 14.4 Å². The number of carbonyl (C=O) groups is 3. The van der Waals surface area contributed by atoms with Crippen LogP contribution in [0.4, 0.5) is 4.79 Å². The quantitative estimate of drug-likeness (QED) is 0.831. The van der Waals surface area contributed by atoms with E-state index < -0.39 is 11.6 Å². The molecule has 1 unspecified atom stereocenters. The second kappa shape index (κ2) is 6.02. The maximum atomic E-state index is 12.5. The van der Waals surface area contributed by atoms with Gasteiger partial charge in [0.05, 0.1) is 6.04 Å². The van der Waals surface area contributed by atoms with Crippen molar-refractivity contribution in [2.45, 2.75) is 44.2 Å². The van der Waals surface area contributed by atoms with Crippen LogP contribution in [0.2, 0.25) is 0 Å². The minimum atomic E-state index is -0.761.